The summed E-state index contributed by atoms with van der Waals surface area (Å²) < 4.78 is 10.8. The van der Waals surface area contributed by atoms with Crippen molar-refractivity contribution < 1.29 is 14.6 Å². The normalized spacial score (nSPS) is 20.5. The summed E-state index contributed by atoms with van der Waals surface area (Å²) in [7, 11) is 0. The number of hydrogen-bond acceptors (Lipinski definition) is 4. The summed E-state index contributed by atoms with van der Waals surface area (Å²) in [6.45, 7) is 2.78. The molecule has 0 saturated carbocycles. The van der Waals surface area contributed by atoms with Crippen LogP contribution in [0.15, 0.2) is 18.2 Å². The van der Waals surface area contributed by atoms with Gasteiger partial charge in [0, 0.05) is 12.6 Å². The van der Waals surface area contributed by atoms with E-state index in [1.54, 1.807) is 0 Å². The highest BCUT2D eigenvalue weighted by Gasteiger charge is 2.24. The molecule has 19 heavy (non-hydrogen) atoms. The predicted molar refractivity (Wildman–Crippen MR) is 72.4 cm³/mol. The molecule has 1 aromatic carbocycles. The number of fused-ring (bicyclic) bond motifs is 1. The van der Waals surface area contributed by atoms with Gasteiger partial charge in [-0.1, -0.05) is 12.5 Å². The maximum Gasteiger partial charge on any atom is 0.231 e. The average molecular weight is 263 g/mol. The molecule has 0 radical (unpaired) electrons. The molecule has 1 fully saturated rings. The minimum atomic E-state index is 0.218. The number of aliphatic hydroxyl groups excluding tert-OH is 1. The number of likely N-dealkylation sites (tertiary alicyclic amines) is 1. The van der Waals surface area contributed by atoms with E-state index in [9.17, 15) is 5.11 Å². The molecule has 0 bridgehead atoms. The van der Waals surface area contributed by atoms with Gasteiger partial charge in [0.1, 0.15) is 0 Å². The Bertz CT molecular complexity index is 429. The standard InChI is InChI=1S/C15H21NO3/c17-9-6-13(16-7-2-1-3-8-16)12-4-5-14-15(10-12)19-11-18-14/h4-5,10,13,17H,1-3,6-9,11H2/t13-/m1/s1. The van der Waals surface area contributed by atoms with Crippen molar-refractivity contribution in [3.8, 4) is 11.5 Å². The second-order valence-electron chi connectivity index (χ2n) is 5.24. The van der Waals surface area contributed by atoms with Gasteiger partial charge >= 0.3 is 0 Å². The van der Waals surface area contributed by atoms with Gasteiger partial charge < -0.3 is 14.6 Å². The summed E-state index contributed by atoms with van der Waals surface area (Å²) in [5.74, 6) is 1.66. The Hall–Kier alpha value is -1.26. The van der Waals surface area contributed by atoms with Crippen LogP contribution in [-0.4, -0.2) is 36.5 Å². The minimum Gasteiger partial charge on any atom is -0.454 e. The summed E-state index contributed by atoms with van der Waals surface area (Å²) in [5.41, 5.74) is 1.22. The van der Waals surface area contributed by atoms with E-state index in [-0.39, 0.29) is 6.61 Å². The summed E-state index contributed by atoms with van der Waals surface area (Å²) in [6, 6.07) is 6.44. The second kappa shape index (κ2) is 5.80. The predicted octanol–water partition coefficient (Wildman–Crippen LogP) is 2.32. The number of rotatable bonds is 4. The first-order chi connectivity index (χ1) is 9.38. The molecule has 0 unspecified atom stereocenters. The largest absolute Gasteiger partial charge is 0.454 e. The maximum absolute atomic E-state index is 9.34. The van der Waals surface area contributed by atoms with E-state index in [0.29, 0.717) is 12.8 Å². The van der Waals surface area contributed by atoms with Crippen molar-refractivity contribution in [1.82, 2.24) is 4.90 Å². The fourth-order valence-electron chi connectivity index (χ4n) is 3.03. The van der Waals surface area contributed by atoms with Crippen LogP contribution in [0.5, 0.6) is 11.5 Å². The van der Waals surface area contributed by atoms with Crippen LogP contribution in [0.4, 0.5) is 0 Å². The van der Waals surface area contributed by atoms with Crippen LogP contribution in [0.1, 0.15) is 37.3 Å². The lowest BCUT2D eigenvalue weighted by Gasteiger charge is -2.34. The van der Waals surface area contributed by atoms with E-state index >= 15 is 0 Å². The SMILES string of the molecule is OCC[C@H](c1ccc2c(c1)OCO2)N1CCCCC1. The summed E-state index contributed by atoms with van der Waals surface area (Å²) in [4.78, 5) is 2.48. The first kappa shape index (κ1) is 12.8. The summed E-state index contributed by atoms with van der Waals surface area (Å²) in [6.07, 6.45) is 4.61. The molecule has 3 rings (SSSR count). The van der Waals surface area contributed by atoms with Gasteiger partial charge in [-0.25, -0.2) is 0 Å². The molecule has 0 amide bonds. The quantitative estimate of drug-likeness (QED) is 0.905. The fourth-order valence-corrected chi connectivity index (χ4v) is 3.03. The number of nitrogens with zero attached hydrogens (tertiary/aromatic N) is 1. The zero-order chi connectivity index (χ0) is 13.1. The third-order valence-electron chi connectivity index (χ3n) is 4.02. The molecular weight excluding hydrogens is 242 g/mol. The van der Waals surface area contributed by atoms with Crippen LogP contribution < -0.4 is 9.47 Å². The highest BCUT2D eigenvalue weighted by Crippen LogP contribution is 2.36. The van der Waals surface area contributed by atoms with E-state index in [1.807, 2.05) is 6.07 Å². The van der Waals surface area contributed by atoms with E-state index in [4.69, 9.17) is 9.47 Å². The van der Waals surface area contributed by atoms with Crippen LogP contribution in [-0.2, 0) is 0 Å². The van der Waals surface area contributed by atoms with Crippen molar-refractivity contribution in [3.05, 3.63) is 23.8 Å². The van der Waals surface area contributed by atoms with Crippen LogP contribution in [0, 0.1) is 0 Å². The second-order valence-corrected chi connectivity index (χ2v) is 5.24. The first-order valence-electron chi connectivity index (χ1n) is 7.13. The Labute approximate surface area is 113 Å². The van der Waals surface area contributed by atoms with Gasteiger partial charge in [0.05, 0.1) is 0 Å². The molecule has 0 aliphatic carbocycles. The minimum absolute atomic E-state index is 0.218. The zero-order valence-corrected chi connectivity index (χ0v) is 11.2. The van der Waals surface area contributed by atoms with E-state index in [1.165, 1.54) is 24.8 Å². The highest BCUT2D eigenvalue weighted by molar-refractivity contribution is 5.45. The van der Waals surface area contributed by atoms with Gasteiger partial charge in [0.15, 0.2) is 11.5 Å². The van der Waals surface area contributed by atoms with Crippen molar-refractivity contribution in [3.63, 3.8) is 0 Å². The zero-order valence-electron chi connectivity index (χ0n) is 11.2. The fraction of sp³-hybridized carbons (Fsp3) is 0.600. The number of aliphatic hydroxyl groups is 1. The molecule has 4 nitrogen and oxygen atoms in total. The van der Waals surface area contributed by atoms with E-state index < -0.39 is 0 Å². The molecule has 1 atom stereocenters. The van der Waals surface area contributed by atoms with Crippen LogP contribution >= 0.6 is 0 Å². The van der Waals surface area contributed by atoms with Crippen molar-refractivity contribution in [1.29, 1.82) is 0 Å². The van der Waals surface area contributed by atoms with Gasteiger partial charge in [0.2, 0.25) is 6.79 Å². The van der Waals surface area contributed by atoms with Gasteiger partial charge in [-0.3, -0.25) is 4.90 Å². The molecule has 2 aliphatic heterocycles. The average Bonchev–Trinajstić information content (AvgIpc) is 2.93. The smallest absolute Gasteiger partial charge is 0.231 e. The molecule has 4 heteroatoms. The molecular formula is C15H21NO3. The topological polar surface area (TPSA) is 41.9 Å². The van der Waals surface area contributed by atoms with E-state index in [2.05, 4.69) is 17.0 Å². The van der Waals surface area contributed by atoms with Gasteiger partial charge in [0.25, 0.3) is 0 Å². The Morgan fingerprint density at radius 1 is 1.11 bits per heavy atom. The summed E-state index contributed by atoms with van der Waals surface area (Å²) in [5, 5.41) is 9.34. The van der Waals surface area contributed by atoms with Crippen molar-refractivity contribution in [2.75, 3.05) is 26.5 Å². The maximum atomic E-state index is 9.34. The highest BCUT2D eigenvalue weighted by atomic mass is 16.7. The van der Waals surface area contributed by atoms with Crippen LogP contribution in [0.3, 0.4) is 0 Å². The Morgan fingerprint density at radius 3 is 2.68 bits per heavy atom. The van der Waals surface area contributed by atoms with Crippen molar-refractivity contribution in [2.45, 2.75) is 31.7 Å². The van der Waals surface area contributed by atoms with Gasteiger partial charge in [-0.05, 0) is 50.0 Å². The Balaban J connectivity index is 1.82. The lowest BCUT2D eigenvalue weighted by molar-refractivity contribution is 0.133. The van der Waals surface area contributed by atoms with Crippen molar-refractivity contribution >= 4 is 0 Å². The van der Waals surface area contributed by atoms with Crippen molar-refractivity contribution in [2.24, 2.45) is 0 Å². The van der Waals surface area contributed by atoms with Crippen LogP contribution in [0.25, 0.3) is 0 Å². The molecule has 0 aromatic heterocycles. The van der Waals surface area contributed by atoms with Gasteiger partial charge in [-0.2, -0.15) is 0 Å². The molecule has 2 heterocycles. The Kier molecular flexibility index (Phi) is 3.89. The first-order valence-corrected chi connectivity index (χ1v) is 7.13. The summed E-state index contributed by atoms with van der Waals surface area (Å²) >= 11 is 0. The number of benzene rings is 1. The number of piperidine rings is 1. The van der Waals surface area contributed by atoms with Gasteiger partial charge in [-0.15, -0.1) is 0 Å². The molecule has 1 N–H and O–H groups in total. The molecule has 104 valence electrons. The Morgan fingerprint density at radius 2 is 1.89 bits per heavy atom. The lowest BCUT2D eigenvalue weighted by Crippen LogP contribution is -2.34. The third-order valence-corrected chi connectivity index (χ3v) is 4.02. The third kappa shape index (κ3) is 2.69. The number of ether oxygens (including phenoxy) is 2. The monoisotopic (exact) mass is 263 g/mol. The number of hydrogen-bond donors (Lipinski definition) is 1. The molecule has 1 aromatic rings. The molecule has 0 spiro atoms. The molecule has 1 saturated heterocycles. The van der Waals surface area contributed by atoms with Crippen LogP contribution in [0.2, 0.25) is 0 Å². The molecule has 2 aliphatic rings. The lowest BCUT2D eigenvalue weighted by atomic mass is 9.99. The van der Waals surface area contributed by atoms with E-state index in [0.717, 1.165) is 31.0 Å².